The molecule has 0 aromatic carbocycles. The van der Waals surface area contributed by atoms with Gasteiger partial charge in [-0.2, -0.15) is 0 Å². The van der Waals surface area contributed by atoms with Crippen LogP contribution in [0.25, 0.3) is 0 Å². The van der Waals surface area contributed by atoms with Crippen LogP contribution < -0.4 is 0 Å². The molecule has 0 amide bonds. The maximum atomic E-state index is 11.4. The van der Waals surface area contributed by atoms with E-state index in [9.17, 15) is 14.7 Å². The zero-order chi connectivity index (χ0) is 10.1. The molecule has 1 aliphatic rings. The number of aliphatic carboxylic acids is 1. The molecule has 2 atom stereocenters. The van der Waals surface area contributed by atoms with Crippen LogP contribution in [0.2, 0.25) is 0 Å². The van der Waals surface area contributed by atoms with E-state index in [-0.39, 0.29) is 5.78 Å². The van der Waals surface area contributed by atoms with Gasteiger partial charge in [-0.05, 0) is 19.8 Å². The Bertz CT molecular complexity index is 236. The minimum Gasteiger partial charge on any atom is -0.479 e. The van der Waals surface area contributed by atoms with Crippen molar-refractivity contribution in [2.24, 2.45) is 5.41 Å². The van der Waals surface area contributed by atoms with Gasteiger partial charge in [0.25, 0.3) is 0 Å². The van der Waals surface area contributed by atoms with Gasteiger partial charge < -0.3 is 10.2 Å². The molecule has 0 heterocycles. The Kier molecular flexibility index (Phi) is 2.71. The molecule has 4 nitrogen and oxygen atoms in total. The van der Waals surface area contributed by atoms with Crippen molar-refractivity contribution < 1.29 is 19.8 Å². The van der Waals surface area contributed by atoms with Crippen molar-refractivity contribution in [1.82, 2.24) is 0 Å². The molecule has 0 radical (unpaired) electrons. The van der Waals surface area contributed by atoms with Gasteiger partial charge in [-0.25, -0.2) is 4.79 Å². The summed E-state index contributed by atoms with van der Waals surface area (Å²) >= 11 is 0. The minimum absolute atomic E-state index is 0.131. The number of carbonyl (C=O) groups excluding carboxylic acids is 1. The highest BCUT2D eigenvalue weighted by Crippen LogP contribution is 2.35. The molecule has 0 bridgehead atoms. The zero-order valence-corrected chi connectivity index (χ0v) is 7.62. The molecule has 2 N–H and O–H groups in total. The number of carbonyl (C=O) groups is 2. The second-order valence-corrected chi connectivity index (χ2v) is 3.79. The fourth-order valence-corrected chi connectivity index (χ4v) is 1.76. The number of carboxylic acid groups (broad SMARTS) is 1. The van der Waals surface area contributed by atoms with Gasteiger partial charge >= 0.3 is 5.97 Å². The second kappa shape index (κ2) is 3.46. The van der Waals surface area contributed by atoms with E-state index >= 15 is 0 Å². The number of aliphatic hydroxyl groups is 1. The molecule has 0 aromatic rings. The third-order valence-corrected chi connectivity index (χ3v) is 2.82. The summed E-state index contributed by atoms with van der Waals surface area (Å²) in [5.74, 6) is -1.44. The van der Waals surface area contributed by atoms with Gasteiger partial charge in [-0.15, -0.1) is 0 Å². The molecule has 1 fully saturated rings. The van der Waals surface area contributed by atoms with Crippen LogP contribution in [-0.2, 0) is 9.59 Å². The minimum atomic E-state index is -1.56. The van der Waals surface area contributed by atoms with Gasteiger partial charge in [0.15, 0.2) is 6.10 Å². The van der Waals surface area contributed by atoms with Gasteiger partial charge in [-0.3, -0.25) is 4.79 Å². The summed E-state index contributed by atoms with van der Waals surface area (Å²) in [6.07, 6.45) is 0.924. The summed E-state index contributed by atoms with van der Waals surface area (Å²) in [6, 6.07) is 0. The van der Waals surface area contributed by atoms with Crippen molar-refractivity contribution in [3.8, 4) is 0 Å². The van der Waals surface area contributed by atoms with Crippen molar-refractivity contribution in [2.45, 2.75) is 38.7 Å². The maximum Gasteiger partial charge on any atom is 0.333 e. The van der Waals surface area contributed by atoms with E-state index in [1.807, 2.05) is 0 Å². The number of Topliss-reactive ketones (excluding diaryl/α,β-unsaturated/α-hetero) is 1. The maximum absolute atomic E-state index is 11.4. The standard InChI is InChI=1S/C9H14O4/c1-9(7(11)8(12)13)5-3-2-4-6(9)10/h7,11H,2-5H2,1H3,(H,12,13)/t7-,9+/m0/s1. The number of carboxylic acids is 1. The first-order valence-corrected chi connectivity index (χ1v) is 4.42. The summed E-state index contributed by atoms with van der Waals surface area (Å²) in [5, 5.41) is 18.0. The Morgan fingerprint density at radius 2 is 2.15 bits per heavy atom. The first-order chi connectivity index (χ1) is 5.98. The van der Waals surface area contributed by atoms with Crippen LogP contribution in [0.3, 0.4) is 0 Å². The average Bonchev–Trinajstić information content (AvgIpc) is 2.09. The highest BCUT2D eigenvalue weighted by molar-refractivity contribution is 5.91. The molecular formula is C9H14O4. The molecule has 0 unspecified atom stereocenters. The van der Waals surface area contributed by atoms with Gasteiger partial charge in [0.05, 0.1) is 5.41 Å². The van der Waals surface area contributed by atoms with Crippen molar-refractivity contribution in [1.29, 1.82) is 0 Å². The molecule has 4 heteroatoms. The molecule has 0 saturated heterocycles. The van der Waals surface area contributed by atoms with Crippen LogP contribution in [-0.4, -0.2) is 28.1 Å². The summed E-state index contributed by atoms with van der Waals surface area (Å²) in [4.78, 5) is 22.0. The van der Waals surface area contributed by atoms with E-state index < -0.39 is 17.5 Å². The van der Waals surface area contributed by atoms with Crippen LogP contribution >= 0.6 is 0 Å². The highest BCUT2D eigenvalue weighted by Gasteiger charge is 2.44. The Morgan fingerprint density at radius 3 is 2.62 bits per heavy atom. The summed E-state index contributed by atoms with van der Waals surface area (Å²) in [7, 11) is 0. The largest absolute Gasteiger partial charge is 0.479 e. The van der Waals surface area contributed by atoms with Crippen LogP contribution in [0.5, 0.6) is 0 Å². The number of hydrogen-bond donors (Lipinski definition) is 2. The van der Waals surface area contributed by atoms with E-state index in [2.05, 4.69) is 0 Å². The van der Waals surface area contributed by atoms with E-state index in [0.29, 0.717) is 12.8 Å². The predicted octanol–water partition coefficient (Wildman–Crippen LogP) is 0.581. The fourth-order valence-electron chi connectivity index (χ4n) is 1.76. The van der Waals surface area contributed by atoms with Crippen LogP contribution in [0.1, 0.15) is 32.6 Å². The van der Waals surface area contributed by atoms with E-state index in [0.717, 1.165) is 12.8 Å². The third-order valence-electron chi connectivity index (χ3n) is 2.82. The van der Waals surface area contributed by atoms with E-state index in [4.69, 9.17) is 5.11 Å². The van der Waals surface area contributed by atoms with Crippen molar-refractivity contribution >= 4 is 11.8 Å². The quantitative estimate of drug-likeness (QED) is 0.661. The Morgan fingerprint density at radius 1 is 1.54 bits per heavy atom. The first kappa shape index (κ1) is 10.2. The number of ketones is 1. The lowest BCUT2D eigenvalue weighted by molar-refractivity contribution is -0.161. The van der Waals surface area contributed by atoms with Crippen LogP contribution in [0.15, 0.2) is 0 Å². The third kappa shape index (κ3) is 1.72. The van der Waals surface area contributed by atoms with Gasteiger partial charge in [-0.1, -0.05) is 6.42 Å². The number of aliphatic hydroxyl groups excluding tert-OH is 1. The van der Waals surface area contributed by atoms with Gasteiger partial charge in [0, 0.05) is 6.42 Å². The van der Waals surface area contributed by atoms with Crippen molar-refractivity contribution in [3.05, 3.63) is 0 Å². The molecule has 1 aliphatic carbocycles. The van der Waals surface area contributed by atoms with Gasteiger partial charge in [0.1, 0.15) is 5.78 Å². The molecule has 0 spiro atoms. The molecule has 1 rings (SSSR count). The number of rotatable bonds is 2. The summed E-state index contributed by atoms with van der Waals surface area (Å²) < 4.78 is 0. The molecule has 13 heavy (non-hydrogen) atoms. The lowest BCUT2D eigenvalue weighted by atomic mass is 9.71. The summed E-state index contributed by atoms with van der Waals surface area (Å²) in [6.45, 7) is 1.54. The molecule has 0 aliphatic heterocycles. The average molecular weight is 186 g/mol. The van der Waals surface area contributed by atoms with Crippen molar-refractivity contribution in [2.75, 3.05) is 0 Å². The normalized spacial score (nSPS) is 31.4. The fraction of sp³-hybridized carbons (Fsp3) is 0.778. The monoisotopic (exact) mass is 186 g/mol. The Hall–Kier alpha value is -0.900. The van der Waals surface area contributed by atoms with Crippen LogP contribution in [0, 0.1) is 5.41 Å². The lowest BCUT2D eigenvalue weighted by Crippen LogP contribution is -2.46. The SMILES string of the molecule is C[C@@]1([C@@H](O)C(=O)O)CCCCC1=O. The predicted molar refractivity (Wildman–Crippen MR) is 45.2 cm³/mol. The molecule has 74 valence electrons. The Balaban J connectivity index is 2.83. The van der Waals surface area contributed by atoms with Crippen LogP contribution in [0.4, 0.5) is 0 Å². The van der Waals surface area contributed by atoms with E-state index in [1.54, 1.807) is 0 Å². The van der Waals surface area contributed by atoms with Crippen molar-refractivity contribution in [3.63, 3.8) is 0 Å². The number of hydrogen-bond acceptors (Lipinski definition) is 3. The van der Waals surface area contributed by atoms with E-state index in [1.165, 1.54) is 6.92 Å². The lowest BCUT2D eigenvalue weighted by Gasteiger charge is -2.33. The topological polar surface area (TPSA) is 74.6 Å². The Labute approximate surface area is 76.6 Å². The highest BCUT2D eigenvalue weighted by atomic mass is 16.4. The second-order valence-electron chi connectivity index (χ2n) is 3.79. The molecular weight excluding hydrogens is 172 g/mol. The summed E-state index contributed by atoms with van der Waals surface area (Å²) in [5.41, 5.74) is -1.07. The molecule has 1 saturated carbocycles. The van der Waals surface area contributed by atoms with Gasteiger partial charge in [0.2, 0.25) is 0 Å². The first-order valence-electron chi connectivity index (χ1n) is 4.42. The smallest absolute Gasteiger partial charge is 0.333 e. The zero-order valence-electron chi connectivity index (χ0n) is 7.62. The molecule has 0 aromatic heterocycles.